The van der Waals surface area contributed by atoms with Crippen molar-refractivity contribution in [3.63, 3.8) is 0 Å². The number of rotatable bonds is 3. The SMILES string of the molecule is Cc1cc(C)c(-c2ccc3c4ccc(-c5c(C)cc(C)cc5C)c5c4n(c3c2)B2c3ccccc3N(c3ccccc3)c3cc4c(oc6ccccc64)c-5c32)c(C)c1. The first-order valence-corrected chi connectivity index (χ1v) is 20.5. The van der Waals surface area contributed by atoms with E-state index in [0.717, 1.165) is 27.6 Å². The fourth-order valence-corrected chi connectivity index (χ4v) is 11.2. The van der Waals surface area contributed by atoms with Gasteiger partial charge in [0.25, 0.3) is 0 Å². The van der Waals surface area contributed by atoms with Crippen LogP contribution in [-0.4, -0.2) is 11.3 Å². The van der Waals surface area contributed by atoms with Crippen molar-refractivity contribution in [2.24, 2.45) is 0 Å². The van der Waals surface area contributed by atoms with Gasteiger partial charge in [-0.25, -0.2) is 0 Å². The molecule has 0 spiro atoms. The largest absolute Gasteiger partial charge is 0.455 e. The van der Waals surface area contributed by atoms with Gasteiger partial charge in [0.2, 0.25) is 0 Å². The predicted octanol–water partition coefficient (Wildman–Crippen LogP) is 13.3. The van der Waals surface area contributed by atoms with Crippen molar-refractivity contribution in [3.8, 4) is 33.4 Å². The number of benzene rings is 8. The quantitative estimate of drug-likeness (QED) is 0.168. The zero-order valence-corrected chi connectivity index (χ0v) is 33.7. The number of aromatic nitrogens is 1. The number of aryl methyl sites for hydroxylation is 6. The Morgan fingerprint density at radius 1 is 0.483 bits per heavy atom. The van der Waals surface area contributed by atoms with Gasteiger partial charge in [-0.05, 0) is 133 Å². The standard InChI is InChI=1S/C54H41BN2O/c1-30-24-32(3)48(33(4)25-30)36-20-21-38-40-22-23-41(49-34(5)26-31(2)27-35(49)6)50-51-52-46(29-42-39-16-10-13-19-47(39)58-54(42)51)56(37-14-8-7-9-15-37)44-18-12-11-17-43(44)55(52)57(53(40)50)45(38)28-36/h7-29H,1-6H3. The van der Waals surface area contributed by atoms with Crippen molar-refractivity contribution >= 4 is 78.6 Å². The predicted molar refractivity (Wildman–Crippen MR) is 247 cm³/mol. The van der Waals surface area contributed by atoms with Crippen LogP contribution in [0.15, 0.2) is 144 Å². The molecule has 3 nitrogen and oxygen atoms in total. The van der Waals surface area contributed by atoms with Crippen molar-refractivity contribution in [3.05, 3.63) is 173 Å². The number of para-hydroxylation sites is 3. The molecule has 0 aliphatic carbocycles. The highest BCUT2D eigenvalue weighted by molar-refractivity contribution is 6.90. The van der Waals surface area contributed by atoms with Crippen molar-refractivity contribution in [2.45, 2.75) is 41.5 Å². The average Bonchev–Trinajstić information content (AvgIpc) is 3.75. The third kappa shape index (κ3) is 4.40. The Morgan fingerprint density at radius 3 is 1.90 bits per heavy atom. The highest BCUT2D eigenvalue weighted by atomic mass is 16.3. The van der Waals surface area contributed by atoms with Crippen LogP contribution in [0.4, 0.5) is 17.1 Å². The van der Waals surface area contributed by atoms with Crippen LogP contribution in [0.3, 0.4) is 0 Å². The summed E-state index contributed by atoms with van der Waals surface area (Å²) in [4.78, 5) is 2.50. The zero-order chi connectivity index (χ0) is 39.1. The van der Waals surface area contributed by atoms with Crippen LogP contribution >= 0.6 is 0 Å². The summed E-state index contributed by atoms with van der Waals surface area (Å²) in [5.74, 6) is 0. The van der Waals surface area contributed by atoms with Crippen molar-refractivity contribution in [1.29, 1.82) is 0 Å². The summed E-state index contributed by atoms with van der Waals surface area (Å²) in [5.41, 5.74) is 25.8. The van der Waals surface area contributed by atoms with Gasteiger partial charge < -0.3 is 13.8 Å². The van der Waals surface area contributed by atoms with E-state index in [9.17, 15) is 0 Å². The first-order chi connectivity index (χ1) is 28.3. The van der Waals surface area contributed by atoms with Crippen molar-refractivity contribution in [2.75, 3.05) is 4.90 Å². The van der Waals surface area contributed by atoms with Gasteiger partial charge in [0, 0.05) is 60.8 Å². The normalized spacial score (nSPS) is 12.9. The molecule has 2 aliphatic heterocycles. The van der Waals surface area contributed by atoms with E-state index in [4.69, 9.17) is 4.42 Å². The van der Waals surface area contributed by atoms with Gasteiger partial charge in [-0.2, -0.15) is 0 Å². The Morgan fingerprint density at radius 2 is 1.14 bits per heavy atom. The molecule has 12 rings (SSSR count). The summed E-state index contributed by atoms with van der Waals surface area (Å²) in [6, 6.07) is 52.2. The van der Waals surface area contributed by atoms with Crippen LogP contribution in [0, 0.1) is 41.5 Å². The molecule has 0 saturated heterocycles. The Hall–Kier alpha value is -6.78. The molecule has 4 heterocycles. The molecule has 10 aromatic rings. The summed E-state index contributed by atoms with van der Waals surface area (Å²) in [6.07, 6.45) is 0. The molecule has 2 aromatic heterocycles. The summed E-state index contributed by atoms with van der Waals surface area (Å²) < 4.78 is 9.83. The maximum atomic E-state index is 7.13. The minimum Gasteiger partial charge on any atom is -0.455 e. The molecule has 0 N–H and O–H groups in total. The second-order valence-electron chi connectivity index (χ2n) is 16.8. The molecule has 0 unspecified atom stereocenters. The van der Waals surface area contributed by atoms with Crippen LogP contribution in [0.2, 0.25) is 0 Å². The lowest BCUT2D eigenvalue weighted by molar-refractivity contribution is 0.670. The Balaban J connectivity index is 1.33. The zero-order valence-electron chi connectivity index (χ0n) is 33.7. The van der Waals surface area contributed by atoms with Gasteiger partial charge in [0.05, 0.1) is 0 Å². The first-order valence-electron chi connectivity index (χ1n) is 20.5. The molecule has 0 amide bonds. The van der Waals surface area contributed by atoms with Crippen molar-refractivity contribution in [1.82, 2.24) is 4.48 Å². The molecule has 0 fully saturated rings. The molecule has 0 bridgehead atoms. The Bertz CT molecular complexity index is 3380. The van der Waals surface area contributed by atoms with E-state index in [0.29, 0.717) is 0 Å². The lowest BCUT2D eigenvalue weighted by atomic mass is 9.45. The van der Waals surface area contributed by atoms with Crippen LogP contribution in [-0.2, 0) is 0 Å². The summed E-state index contributed by atoms with van der Waals surface area (Å²) in [6.45, 7) is 13.4. The van der Waals surface area contributed by atoms with Gasteiger partial charge >= 0.3 is 6.85 Å². The highest BCUT2D eigenvalue weighted by Crippen LogP contribution is 2.52. The van der Waals surface area contributed by atoms with Crippen LogP contribution < -0.4 is 15.8 Å². The van der Waals surface area contributed by atoms with E-state index in [1.807, 2.05) is 0 Å². The maximum Gasteiger partial charge on any atom is 0.333 e. The topological polar surface area (TPSA) is 21.3 Å². The third-order valence-electron chi connectivity index (χ3n) is 13.1. The average molecular weight is 745 g/mol. The van der Waals surface area contributed by atoms with Crippen LogP contribution in [0.25, 0.3) is 77.1 Å². The molecule has 0 radical (unpaired) electrons. The maximum absolute atomic E-state index is 7.13. The van der Waals surface area contributed by atoms with E-state index >= 15 is 0 Å². The van der Waals surface area contributed by atoms with Gasteiger partial charge in [-0.3, -0.25) is 0 Å². The summed E-state index contributed by atoms with van der Waals surface area (Å²) in [7, 11) is 0. The Kier molecular flexibility index (Phi) is 6.83. The summed E-state index contributed by atoms with van der Waals surface area (Å²) >= 11 is 0. The number of hydrogen-bond donors (Lipinski definition) is 0. The van der Waals surface area contributed by atoms with E-state index in [1.54, 1.807) is 0 Å². The lowest BCUT2D eigenvalue weighted by Gasteiger charge is -2.40. The van der Waals surface area contributed by atoms with Gasteiger partial charge in [0.15, 0.2) is 0 Å². The molecule has 8 aromatic carbocycles. The monoisotopic (exact) mass is 744 g/mol. The minimum absolute atomic E-state index is 0.0998. The summed E-state index contributed by atoms with van der Waals surface area (Å²) in [5, 5.41) is 4.81. The van der Waals surface area contributed by atoms with Crippen LogP contribution in [0.1, 0.15) is 33.4 Å². The molecule has 0 atom stereocenters. The molecule has 0 saturated carbocycles. The van der Waals surface area contributed by atoms with Gasteiger partial charge in [0.1, 0.15) is 11.2 Å². The van der Waals surface area contributed by atoms with Gasteiger partial charge in [-0.15, -0.1) is 0 Å². The number of nitrogens with zero attached hydrogens (tertiary/aromatic N) is 2. The molecular weight excluding hydrogens is 703 g/mol. The number of furan rings is 1. The minimum atomic E-state index is -0.0998. The second kappa shape index (κ2) is 11.9. The van der Waals surface area contributed by atoms with Gasteiger partial charge in [-0.1, -0.05) is 114 Å². The molecule has 58 heavy (non-hydrogen) atoms. The fourth-order valence-electron chi connectivity index (χ4n) is 11.2. The molecule has 2 aliphatic rings. The Labute approximate surface area is 338 Å². The number of fused-ring (bicyclic) bond motifs is 11. The van der Waals surface area contributed by atoms with E-state index in [1.165, 1.54) is 111 Å². The second-order valence-corrected chi connectivity index (χ2v) is 16.8. The molecule has 4 heteroatoms. The number of hydrogen-bond acceptors (Lipinski definition) is 2. The molecular formula is C54H41BN2O. The van der Waals surface area contributed by atoms with Crippen molar-refractivity contribution < 1.29 is 4.42 Å². The number of anilines is 3. The van der Waals surface area contributed by atoms with Crippen LogP contribution in [0.5, 0.6) is 0 Å². The lowest BCUT2D eigenvalue weighted by Crippen LogP contribution is -2.56. The van der Waals surface area contributed by atoms with E-state index in [2.05, 4.69) is 190 Å². The fraction of sp³-hybridized carbons (Fsp3) is 0.111. The van der Waals surface area contributed by atoms with E-state index < -0.39 is 0 Å². The smallest absolute Gasteiger partial charge is 0.333 e. The highest BCUT2D eigenvalue weighted by Gasteiger charge is 2.45. The van der Waals surface area contributed by atoms with E-state index in [-0.39, 0.29) is 6.85 Å². The third-order valence-corrected chi connectivity index (χ3v) is 13.1. The first kappa shape index (κ1) is 33.4. The molecule has 276 valence electrons.